The van der Waals surface area contributed by atoms with E-state index in [1.807, 2.05) is 12.1 Å². The molecule has 2 aromatic carbocycles. The largest absolute Gasteiger partial charge is 0.407 e. The molecule has 7 nitrogen and oxygen atoms in total. The highest BCUT2D eigenvalue weighted by molar-refractivity contribution is 8.06. The summed E-state index contributed by atoms with van der Waals surface area (Å²) < 4.78 is 32.3. The average Bonchev–Trinajstić information content (AvgIpc) is 3.14. The maximum atomic E-state index is 12.7. The maximum absolute atomic E-state index is 12.7. The smallest absolute Gasteiger partial charge is 0.261 e. The van der Waals surface area contributed by atoms with E-state index < -0.39 is 18.2 Å². The minimum Gasteiger partial charge on any atom is -0.407 e. The molecule has 0 saturated heterocycles. The molecule has 0 spiro atoms. The first-order chi connectivity index (χ1) is 15.2. The van der Waals surface area contributed by atoms with Gasteiger partial charge in [-0.25, -0.2) is 14.0 Å². The normalized spacial score (nSPS) is 23.2. The Bertz CT molecular complexity index is 1030. The van der Waals surface area contributed by atoms with Gasteiger partial charge in [0.1, 0.15) is 0 Å². The summed E-state index contributed by atoms with van der Waals surface area (Å²) in [6.45, 7) is 9.41. The fraction of sp³-hybridized carbons (Fsp3) is 0.435. The van der Waals surface area contributed by atoms with Crippen LogP contribution in [0.3, 0.4) is 0 Å². The lowest BCUT2D eigenvalue weighted by molar-refractivity contribution is 0.271. The summed E-state index contributed by atoms with van der Waals surface area (Å²) in [5, 5.41) is 6.08. The highest BCUT2D eigenvalue weighted by Gasteiger charge is 2.54. The topological polar surface area (TPSA) is 91.8 Å². The third-order valence-electron chi connectivity index (χ3n) is 6.76. The monoisotopic (exact) mass is 472 g/mol. The number of hydrazone groups is 1. The van der Waals surface area contributed by atoms with Crippen molar-refractivity contribution >= 4 is 33.7 Å². The van der Waals surface area contributed by atoms with Gasteiger partial charge in [-0.05, 0) is 33.2 Å². The van der Waals surface area contributed by atoms with Gasteiger partial charge in [0, 0.05) is 6.61 Å². The zero-order valence-electron chi connectivity index (χ0n) is 19.0. The molecular formula is C23H32N4O3SSi. The first kappa shape index (κ1) is 23.0. The highest BCUT2D eigenvalue weighted by Crippen LogP contribution is 2.48. The molecule has 0 amide bonds. The minimum atomic E-state index is -3.48. The number of nitrogens with one attached hydrogen (secondary N) is 3. The molecule has 32 heavy (non-hydrogen) atoms. The predicted octanol–water partition coefficient (Wildman–Crippen LogP) is 1.74. The van der Waals surface area contributed by atoms with Crippen molar-refractivity contribution in [3.05, 3.63) is 60.7 Å². The zero-order chi connectivity index (χ0) is 23.0. The number of hydrogen-bond acceptors (Lipinski definition) is 7. The van der Waals surface area contributed by atoms with Crippen molar-refractivity contribution in [1.82, 2.24) is 16.5 Å². The van der Waals surface area contributed by atoms with Crippen LogP contribution in [-0.4, -0.2) is 34.3 Å². The van der Waals surface area contributed by atoms with Gasteiger partial charge in [-0.2, -0.15) is 0 Å². The van der Waals surface area contributed by atoms with Crippen molar-refractivity contribution in [3.8, 4) is 0 Å². The molecular weight excluding hydrogens is 440 g/mol. The quantitative estimate of drug-likeness (QED) is 0.532. The second-order valence-corrected chi connectivity index (χ2v) is 16.0. The summed E-state index contributed by atoms with van der Waals surface area (Å²) in [5.74, 6) is 0.613. The maximum Gasteiger partial charge on any atom is 0.261 e. The van der Waals surface area contributed by atoms with Gasteiger partial charge < -0.3 is 4.43 Å². The second-order valence-electron chi connectivity index (χ2n) is 9.72. The molecule has 0 radical (unpaired) electrons. The zero-order valence-corrected chi connectivity index (χ0v) is 20.8. The first-order valence-corrected chi connectivity index (χ1v) is 14.5. The van der Waals surface area contributed by atoms with E-state index in [4.69, 9.17) is 4.43 Å². The average molecular weight is 473 g/mol. The van der Waals surface area contributed by atoms with Crippen LogP contribution in [0, 0.1) is 17.8 Å². The molecule has 3 atom stereocenters. The van der Waals surface area contributed by atoms with E-state index in [1.165, 1.54) is 10.4 Å². The molecule has 1 aliphatic carbocycles. The highest BCUT2D eigenvalue weighted by atomic mass is 32.2. The first-order valence-electron chi connectivity index (χ1n) is 11.0. The summed E-state index contributed by atoms with van der Waals surface area (Å²) >= 11 is 0. The molecule has 9 heteroatoms. The van der Waals surface area contributed by atoms with Crippen LogP contribution in [0.15, 0.2) is 65.8 Å². The van der Waals surface area contributed by atoms with Gasteiger partial charge in [-0.15, -0.1) is 10.6 Å². The van der Waals surface area contributed by atoms with E-state index in [-0.39, 0.29) is 33.7 Å². The van der Waals surface area contributed by atoms with Gasteiger partial charge in [0.25, 0.3) is 13.5 Å². The second kappa shape index (κ2) is 8.62. The van der Waals surface area contributed by atoms with E-state index in [9.17, 15) is 8.42 Å². The van der Waals surface area contributed by atoms with Crippen molar-refractivity contribution in [2.24, 2.45) is 22.9 Å². The van der Waals surface area contributed by atoms with Crippen LogP contribution < -0.4 is 26.9 Å². The summed E-state index contributed by atoms with van der Waals surface area (Å²) in [7, 11) is -6.10. The number of hydrogen-bond donors (Lipinski definition) is 3. The van der Waals surface area contributed by atoms with Crippen molar-refractivity contribution in [3.63, 3.8) is 0 Å². The Morgan fingerprint density at radius 3 is 2.00 bits per heavy atom. The SMILES string of the molecule is C[C@@H]1[C@H](CO[Si](c2ccccc2)(c2ccccc2)C(C)(C)C)[C@H]1CS(=O)(=O)C1=NNNN1. The van der Waals surface area contributed by atoms with Crippen molar-refractivity contribution in [2.45, 2.75) is 32.7 Å². The number of sulfone groups is 1. The molecule has 172 valence electrons. The van der Waals surface area contributed by atoms with Crippen molar-refractivity contribution in [1.29, 1.82) is 0 Å². The fourth-order valence-electron chi connectivity index (χ4n) is 4.84. The Labute approximate surface area is 191 Å². The van der Waals surface area contributed by atoms with E-state index in [2.05, 4.69) is 97.8 Å². The van der Waals surface area contributed by atoms with Crippen LogP contribution in [0.5, 0.6) is 0 Å². The number of nitrogens with zero attached hydrogens (tertiary/aromatic N) is 1. The minimum absolute atomic E-state index is 0.0525. The van der Waals surface area contributed by atoms with Gasteiger partial charge in [-0.3, -0.25) is 5.43 Å². The molecule has 2 aromatic rings. The molecule has 3 N–H and O–H groups in total. The van der Waals surface area contributed by atoms with Crippen LogP contribution in [0.4, 0.5) is 0 Å². The lowest BCUT2D eigenvalue weighted by Gasteiger charge is -2.43. The van der Waals surface area contributed by atoms with E-state index in [1.54, 1.807) is 0 Å². The van der Waals surface area contributed by atoms with Crippen LogP contribution in [0.25, 0.3) is 0 Å². The van der Waals surface area contributed by atoms with Crippen molar-refractivity contribution in [2.75, 3.05) is 12.4 Å². The number of rotatable bonds is 7. The molecule has 1 fully saturated rings. The molecule has 0 aromatic heterocycles. The molecule has 0 bridgehead atoms. The Hall–Kier alpha value is -2.20. The third kappa shape index (κ3) is 4.22. The Balaban J connectivity index is 1.59. The molecule has 0 unspecified atom stereocenters. The van der Waals surface area contributed by atoms with Gasteiger partial charge >= 0.3 is 0 Å². The molecule has 1 aliphatic heterocycles. The Kier molecular flexibility index (Phi) is 6.19. The van der Waals surface area contributed by atoms with Crippen LogP contribution in [0.1, 0.15) is 27.7 Å². The van der Waals surface area contributed by atoms with Gasteiger partial charge in [-0.1, -0.05) is 88.4 Å². The lowest BCUT2D eigenvalue weighted by atomic mass is 10.2. The van der Waals surface area contributed by atoms with Crippen LogP contribution in [-0.2, 0) is 14.3 Å². The van der Waals surface area contributed by atoms with Crippen LogP contribution >= 0.6 is 0 Å². The van der Waals surface area contributed by atoms with Crippen molar-refractivity contribution < 1.29 is 12.8 Å². The summed E-state index contributed by atoms with van der Waals surface area (Å²) in [6.07, 6.45) is 0. The molecule has 4 rings (SSSR count). The summed E-state index contributed by atoms with van der Waals surface area (Å²) in [5.41, 5.74) is 7.47. The number of amidine groups is 1. The lowest BCUT2D eigenvalue weighted by Crippen LogP contribution is -2.66. The third-order valence-corrected chi connectivity index (χ3v) is 13.4. The molecule has 1 saturated carbocycles. The number of benzene rings is 2. The Morgan fingerprint density at radius 1 is 0.969 bits per heavy atom. The van der Waals surface area contributed by atoms with E-state index in [0.717, 1.165) is 0 Å². The van der Waals surface area contributed by atoms with Gasteiger partial charge in [0.2, 0.25) is 9.84 Å². The van der Waals surface area contributed by atoms with Gasteiger partial charge in [0.15, 0.2) is 0 Å². The predicted molar refractivity (Wildman–Crippen MR) is 130 cm³/mol. The summed E-state index contributed by atoms with van der Waals surface area (Å²) in [6, 6.07) is 21.0. The van der Waals surface area contributed by atoms with Gasteiger partial charge in [0.05, 0.1) is 5.75 Å². The molecule has 2 aliphatic rings. The fourth-order valence-corrected chi connectivity index (χ4v) is 11.0. The Morgan fingerprint density at radius 2 is 1.53 bits per heavy atom. The summed E-state index contributed by atoms with van der Waals surface area (Å²) in [4.78, 5) is 0. The standard InChI is InChI=1S/C23H32N4O3SSi/c1-17-20(21(17)16-31(28,29)22-24-26-27-25-22)15-30-32(23(2,3)4,18-11-7-5-8-12-18)19-13-9-6-10-14-19/h5-14,17,20-21,26-27H,15-16H2,1-4H3,(H,24,25)/t17-,20+,21+/m1/s1. The van der Waals surface area contributed by atoms with E-state index in [0.29, 0.717) is 6.61 Å². The molecule has 1 heterocycles. The van der Waals surface area contributed by atoms with Crippen LogP contribution in [0.2, 0.25) is 5.04 Å². The number of hydrazine groups is 2. The van der Waals surface area contributed by atoms with E-state index >= 15 is 0 Å².